The number of aromatic nitrogens is 4. The molecule has 0 radical (unpaired) electrons. The van der Waals surface area contributed by atoms with Gasteiger partial charge in [-0.25, -0.2) is 4.68 Å². The molecule has 1 amide bonds. The summed E-state index contributed by atoms with van der Waals surface area (Å²) in [6.07, 6.45) is -7.22. The number of nitrogens with two attached hydrogens (primary N) is 1. The van der Waals surface area contributed by atoms with Gasteiger partial charge in [0.2, 0.25) is 0 Å². The largest absolute Gasteiger partial charge is 0.416 e. The number of hydrogen-bond donors (Lipinski definition) is 1. The van der Waals surface area contributed by atoms with E-state index in [1.54, 1.807) is 31.2 Å². The highest BCUT2D eigenvalue weighted by Crippen LogP contribution is 2.37. The molecular formula is C27H25Cl3F6N6O. The maximum absolute atomic E-state index is 13.9. The van der Waals surface area contributed by atoms with E-state index in [-0.39, 0.29) is 60.9 Å². The standard InChI is InChI=1S/C27H23ClF6N6O.2ClH/c1-16(21-4-2-3-5-22(21)28)39(11-8-35)25(41)23-24(18-6-9-36-10-7-18)40(38-37-23)15-17-12-19(26(29,30)31)14-20(13-17)27(32,33)34;;/h2-7,9-10,12-14,16H,8,11,15,35H2,1H3;2*1H/t16-;;/m1../s1. The topological polar surface area (TPSA) is 89.9 Å². The molecular weight excluding hydrogens is 645 g/mol. The summed E-state index contributed by atoms with van der Waals surface area (Å²) in [6.45, 7) is 1.38. The van der Waals surface area contributed by atoms with Gasteiger partial charge in [0.05, 0.1) is 23.7 Å². The molecule has 4 aromatic rings. The Kier molecular flexibility index (Phi) is 12.0. The summed E-state index contributed by atoms with van der Waals surface area (Å²) >= 11 is 6.36. The molecule has 0 saturated heterocycles. The first-order chi connectivity index (χ1) is 19.3. The molecule has 0 bridgehead atoms. The summed E-state index contributed by atoms with van der Waals surface area (Å²) in [5.41, 5.74) is 3.44. The monoisotopic (exact) mass is 668 g/mol. The molecule has 2 heterocycles. The van der Waals surface area contributed by atoms with E-state index in [9.17, 15) is 31.1 Å². The lowest BCUT2D eigenvalue weighted by atomic mass is 10.0. The average molecular weight is 670 g/mol. The lowest BCUT2D eigenvalue weighted by Gasteiger charge is -2.29. The SMILES string of the molecule is C[C@H](c1ccccc1Cl)N(CCN)C(=O)c1nnn(Cc2cc(C(F)(F)F)cc(C(F)(F)F)c2)c1-c1ccncc1.Cl.Cl. The Balaban J connectivity index is 0.00000323. The minimum Gasteiger partial charge on any atom is -0.329 e. The molecule has 0 unspecified atom stereocenters. The normalized spacial score (nSPS) is 12.2. The van der Waals surface area contributed by atoms with E-state index in [2.05, 4.69) is 15.3 Å². The van der Waals surface area contributed by atoms with Crippen molar-refractivity contribution in [3.63, 3.8) is 0 Å². The highest BCUT2D eigenvalue weighted by atomic mass is 35.5. The zero-order valence-electron chi connectivity index (χ0n) is 22.2. The van der Waals surface area contributed by atoms with E-state index in [1.807, 2.05) is 0 Å². The van der Waals surface area contributed by atoms with Gasteiger partial charge in [-0.15, -0.1) is 29.9 Å². The average Bonchev–Trinajstić information content (AvgIpc) is 3.34. The smallest absolute Gasteiger partial charge is 0.329 e. The molecule has 0 aliphatic carbocycles. The van der Waals surface area contributed by atoms with Crippen LogP contribution < -0.4 is 5.73 Å². The van der Waals surface area contributed by atoms with Crippen LogP contribution in [0.4, 0.5) is 26.3 Å². The number of nitrogens with zero attached hydrogens (tertiary/aromatic N) is 5. The van der Waals surface area contributed by atoms with Crippen LogP contribution in [0.25, 0.3) is 11.3 Å². The third kappa shape index (κ3) is 8.17. The molecule has 2 aromatic carbocycles. The molecule has 0 spiro atoms. The number of carbonyl (C=O) groups excluding carboxylic acids is 1. The first kappa shape index (κ1) is 35.8. The number of carbonyl (C=O) groups is 1. The first-order valence-electron chi connectivity index (χ1n) is 12.2. The Morgan fingerprint density at radius 1 is 0.977 bits per heavy atom. The molecule has 0 fully saturated rings. The second-order valence-corrected chi connectivity index (χ2v) is 9.49. The summed E-state index contributed by atoms with van der Waals surface area (Å²) in [7, 11) is 0. The summed E-state index contributed by atoms with van der Waals surface area (Å²) in [5, 5.41) is 8.39. The second-order valence-electron chi connectivity index (χ2n) is 9.08. The van der Waals surface area contributed by atoms with Gasteiger partial charge in [-0.05, 0) is 54.4 Å². The van der Waals surface area contributed by atoms with Crippen molar-refractivity contribution in [3.8, 4) is 11.3 Å². The molecule has 2 aromatic heterocycles. The number of alkyl halides is 6. The quantitative estimate of drug-likeness (QED) is 0.203. The molecule has 16 heteroatoms. The number of halogens is 9. The highest BCUT2D eigenvalue weighted by Gasteiger charge is 2.37. The molecule has 0 aliphatic rings. The van der Waals surface area contributed by atoms with Gasteiger partial charge in [-0.3, -0.25) is 9.78 Å². The van der Waals surface area contributed by atoms with Crippen molar-refractivity contribution < 1.29 is 31.1 Å². The van der Waals surface area contributed by atoms with E-state index in [0.717, 1.165) is 4.68 Å². The van der Waals surface area contributed by atoms with Crippen LogP contribution in [0.15, 0.2) is 67.0 Å². The van der Waals surface area contributed by atoms with Crippen molar-refractivity contribution in [2.45, 2.75) is 31.9 Å². The van der Waals surface area contributed by atoms with Crippen molar-refractivity contribution in [3.05, 3.63) is 100.0 Å². The highest BCUT2D eigenvalue weighted by molar-refractivity contribution is 6.31. The van der Waals surface area contributed by atoms with Crippen LogP contribution in [0.5, 0.6) is 0 Å². The Hall–Kier alpha value is -3.39. The molecule has 0 saturated carbocycles. The number of amides is 1. The van der Waals surface area contributed by atoms with Crippen LogP contribution >= 0.6 is 36.4 Å². The van der Waals surface area contributed by atoms with Gasteiger partial charge in [0.1, 0.15) is 5.69 Å². The van der Waals surface area contributed by atoms with Crippen LogP contribution in [0.1, 0.15) is 45.7 Å². The second kappa shape index (κ2) is 14.4. The van der Waals surface area contributed by atoms with Gasteiger partial charge in [-0.1, -0.05) is 35.0 Å². The van der Waals surface area contributed by atoms with Gasteiger partial charge in [0.25, 0.3) is 5.91 Å². The van der Waals surface area contributed by atoms with Crippen molar-refractivity contribution >= 4 is 42.3 Å². The summed E-state index contributed by atoms with van der Waals surface area (Å²) in [5.74, 6) is -0.610. The minimum atomic E-state index is -5.02. The Labute approximate surface area is 259 Å². The molecule has 1 atom stereocenters. The maximum atomic E-state index is 13.9. The maximum Gasteiger partial charge on any atom is 0.416 e. The lowest BCUT2D eigenvalue weighted by molar-refractivity contribution is -0.143. The van der Waals surface area contributed by atoms with Crippen molar-refractivity contribution in [2.24, 2.45) is 5.73 Å². The minimum absolute atomic E-state index is 0. The lowest BCUT2D eigenvalue weighted by Crippen LogP contribution is -2.38. The number of hydrogen-bond acceptors (Lipinski definition) is 5. The fourth-order valence-electron chi connectivity index (χ4n) is 4.37. The van der Waals surface area contributed by atoms with Gasteiger partial charge in [0.15, 0.2) is 5.69 Å². The van der Waals surface area contributed by atoms with Crippen molar-refractivity contribution in [2.75, 3.05) is 13.1 Å². The summed E-state index contributed by atoms with van der Waals surface area (Å²) < 4.78 is 81.8. The van der Waals surface area contributed by atoms with Crippen LogP contribution in [0, 0.1) is 0 Å². The summed E-state index contributed by atoms with van der Waals surface area (Å²) in [4.78, 5) is 19.2. The molecule has 7 nitrogen and oxygen atoms in total. The van der Waals surface area contributed by atoms with Crippen LogP contribution in [-0.4, -0.2) is 43.9 Å². The predicted molar refractivity (Wildman–Crippen MR) is 153 cm³/mol. The van der Waals surface area contributed by atoms with E-state index in [1.165, 1.54) is 29.4 Å². The molecule has 4 rings (SSSR count). The first-order valence-corrected chi connectivity index (χ1v) is 12.6. The Morgan fingerprint density at radius 3 is 2.09 bits per heavy atom. The van der Waals surface area contributed by atoms with Crippen molar-refractivity contribution in [1.29, 1.82) is 0 Å². The Morgan fingerprint density at radius 2 is 1.56 bits per heavy atom. The fourth-order valence-corrected chi connectivity index (χ4v) is 4.67. The zero-order chi connectivity index (χ0) is 29.9. The van der Waals surface area contributed by atoms with Crippen LogP contribution in [0.2, 0.25) is 5.02 Å². The van der Waals surface area contributed by atoms with Gasteiger partial charge in [-0.2, -0.15) is 26.3 Å². The summed E-state index contributed by atoms with van der Waals surface area (Å²) in [6, 6.07) is 10.6. The third-order valence-electron chi connectivity index (χ3n) is 6.32. The third-order valence-corrected chi connectivity index (χ3v) is 6.67. The number of pyridine rings is 1. The van der Waals surface area contributed by atoms with E-state index >= 15 is 0 Å². The van der Waals surface area contributed by atoms with Crippen molar-refractivity contribution in [1.82, 2.24) is 24.9 Å². The van der Waals surface area contributed by atoms with E-state index < -0.39 is 42.0 Å². The molecule has 0 aliphatic heterocycles. The van der Waals surface area contributed by atoms with Crippen LogP contribution in [0.3, 0.4) is 0 Å². The van der Waals surface area contributed by atoms with Gasteiger partial charge < -0.3 is 10.6 Å². The molecule has 232 valence electrons. The number of rotatable bonds is 8. The van der Waals surface area contributed by atoms with Crippen LogP contribution in [-0.2, 0) is 18.9 Å². The van der Waals surface area contributed by atoms with E-state index in [0.29, 0.717) is 28.3 Å². The fraction of sp³-hybridized carbons (Fsp3) is 0.259. The zero-order valence-corrected chi connectivity index (χ0v) is 24.6. The number of benzene rings is 2. The van der Waals surface area contributed by atoms with E-state index in [4.69, 9.17) is 17.3 Å². The van der Waals surface area contributed by atoms with Gasteiger partial charge in [0, 0.05) is 36.1 Å². The molecule has 2 N–H and O–H groups in total. The molecule has 43 heavy (non-hydrogen) atoms. The Bertz CT molecular complexity index is 1500. The van der Waals surface area contributed by atoms with Gasteiger partial charge >= 0.3 is 12.4 Å². The predicted octanol–water partition coefficient (Wildman–Crippen LogP) is 7.09.